The molecule has 2 N–H and O–H groups in total. The molecular formula is C12H11BrN4OS. The average Bonchev–Trinajstić information content (AvgIpc) is 2.78. The van der Waals surface area contributed by atoms with Crippen molar-refractivity contribution >= 4 is 53.5 Å². The van der Waals surface area contributed by atoms with Crippen LogP contribution in [-0.4, -0.2) is 33.2 Å². The number of anilines is 1. The first-order valence-corrected chi connectivity index (χ1v) is 7.44. The molecule has 0 atom stereocenters. The van der Waals surface area contributed by atoms with E-state index in [1.807, 2.05) is 6.07 Å². The molecule has 3 aromatic heterocycles. The van der Waals surface area contributed by atoms with Crippen molar-refractivity contribution in [1.29, 1.82) is 0 Å². The van der Waals surface area contributed by atoms with Crippen LogP contribution in [0.1, 0.15) is 6.42 Å². The number of thiophene rings is 1. The molecule has 0 aliphatic heterocycles. The Hall–Kier alpha value is -1.31. The van der Waals surface area contributed by atoms with Gasteiger partial charge in [0.2, 0.25) is 0 Å². The molecule has 0 bridgehead atoms. The number of nitrogens with zero attached hydrogens (tertiary/aromatic N) is 3. The van der Waals surface area contributed by atoms with Gasteiger partial charge >= 0.3 is 0 Å². The van der Waals surface area contributed by atoms with Crippen molar-refractivity contribution in [1.82, 2.24) is 15.0 Å². The largest absolute Gasteiger partial charge is 0.396 e. The maximum Gasteiger partial charge on any atom is 0.147 e. The van der Waals surface area contributed by atoms with Gasteiger partial charge in [0.25, 0.3) is 0 Å². The number of aromatic nitrogens is 3. The average molecular weight is 339 g/mol. The number of rotatable bonds is 4. The normalized spacial score (nSPS) is 11.3. The number of halogens is 1. The van der Waals surface area contributed by atoms with E-state index in [2.05, 4.69) is 36.2 Å². The maximum absolute atomic E-state index is 8.82. The summed E-state index contributed by atoms with van der Waals surface area (Å²) in [5.74, 6) is 0.803. The molecule has 7 heteroatoms. The topological polar surface area (TPSA) is 70.9 Å². The summed E-state index contributed by atoms with van der Waals surface area (Å²) in [6.45, 7) is 0.857. The molecule has 0 aromatic carbocycles. The van der Waals surface area contributed by atoms with Crippen LogP contribution in [-0.2, 0) is 0 Å². The Morgan fingerprint density at radius 1 is 1.32 bits per heavy atom. The van der Waals surface area contributed by atoms with Gasteiger partial charge in [-0.25, -0.2) is 15.0 Å². The van der Waals surface area contributed by atoms with Gasteiger partial charge in [-0.1, -0.05) is 0 Å². The molecule has 0 spiro atoms. The van der Waals surface area contributed by atoms with Crippen molar-refractivity contribution in [2.45, 2.75) is 6.42 Å². The Labute approximate surface area is 121 Å². The molecule has 5 nitrogen and oxygen atoms in total. The zero-order chi connectivity index (χ0) is 13.2. The van der Waals surface area contributed by atoms with Crippen LogP contribution in [0.3, 0.4) is 0 Å². The molecule has 0 saturated heterocycles. The predicted molar refractivity (Wildman–Crippen MR) is 80.6 cm³/mol. The van der Waals surface area contributed by atoms with E-state index in [1.165, 1.54) is 0 Å². The van der Waals surface area contributed by atoms with Crippen molar-refractivity contribution < 1.29 is 5.11 Å². The summed E-state index contributed by atoms with van der Waals surface area (Å²) in [4.78, 5) is 14.0. The Bertz CT molecular complexity index is 730. The minimum Gasteiger partial charge on any atom is -0.396 e. The lowest BCUT2D eigenvalue weighted by Gasteiger charge is -2.04. The van der Waals surface area contributed by atoms with E-state index in [-0.39, 0.29) is 6.61 Å². The zero-order valence-corrected chi connectivity index (χ0v) is 12.3. The van der Waals surface area contributed by atoms with E-state index in [4.69, 9.17) is 5.11 Å². The highest BCUT2D eigenvalue weighted by Crippen LogP contribution is 2.35. The minimum absolute atomic E-state index is 0.169. The first kappa shape index (κ1) is 12.7. The second kappa shape index (κ2) is 5.36. The fourth-order valence-corrected chi connectivity index (χ4v) is 3.22. The highest BCUT2D eigenvalue weighted by Gasteiger charge is 2.12. The van der Waals surface area contributed by atoms with Crippen LogP contribution in [0.15, 0.2) is 23.1 Å². The van der Waals surface area contributed by atoms with Crippen molar-refractivity contribution in [2.24, 2.45) is 0 Å². The molecule has 3 rings (SSSR count). The van der Waals surface area contributed by atoms with Crippen molar-refractivity contribution in [3.05, 3.63) is 23.1 Å². The fraction of sp³-hybridized carbons (Fsp3) is 0.250. The van der Waals surface area contributed by atoms with Crippen LogP contribution in [0, 0.1) is 0 Å². The zero-order valence-electron chi connectivity index (χ0n) is 9.93. The number of hydrogen-bond acceptors (Lipinski definition) is 6. The summed E-state index contributed by atoms with van der Waals surface area (Å²) in [6, 6.07) is 2.02. The molecule has 3 heterocycles. The molecule has 19 heavy (non-hydrogen) atoms. The van der Waals surface area contributed by atoms with Crippen LogP contribution in [0.4, 0.5) is 5.82 Å². The van der Waals surface area contributed by atoms with Crippen LogP contribution in [0.25, 0.3) is 20.4 Å². The minimum atomic E-state index is 0.169. The third-order valence-corrected chi connectivity index (χ3v) is 4.25. The summed E-state index contributed by atoms with van der Waals surface area (Å²) >= 11 is 5.00. The van der Waals surface area contributed by atoms with Gasteiger partial charge in [-0.3, -0.25) is 0 Å². The molecule has 0 radical (unpaired) electrons. The quantitative estimate of drug-likeness (QED) is 0.715. The number of nitrogens with one attached hydrogen (secondary N) is 1. The molecule has 0 fully saturated rings. The summed E-state index contributed by atoms with van der Waals surface area (Å²) in [5, 5.41) is 13.1. The number of hydrogen-bond donors (Lipinski definition) is 2. The molecule has 0 aliphatic rings. The van der Waals surface area contributed by atoms with Gasteiger partial charge in [0.05, 0.1) is 10.2 Å². The SMILES string of the molecule is OCCCNc1ncnc2c1sc1ncc(Br)cc12. The number of fused-ring (bicyclic) bond motifs is 3. The second-order valence-electron chi connectivity index (χ2n) is 4.01. The van der Waals surface area contributed by atoms with Gasteiger partial charge in [0.15, 0.2) is 0 Å². The Morgan fingerprint density at radius 3 is 3.05 bits per heavy atom. The molecule has 0 saturated carbocycles. The summed E-state index contributed by atoms with van der Waals surface area (Å²) in [6.07, 6.45) is 4.03. The van der Waals surface area contributed by atoms with E-state index in [0.29, 0.717) is 13.0 Å². The lowest BCUT2D eigenvalue weighted by Crippen LogP contribution is -2.05. The lowest BCUT2D eigenvalue weighted by molar-refractivity contribution is 0.292. The highest BCUT2D eigenvalue weighted by atomic mass is 79.9. The van der Waals surface area contributed by atoms with Gasteiger partial charge in [-0.05, 0) is 28.4 Å². The molecule has 98 valence electrons. The summed E-state index contributed by atoms with van der Waals surface area (Å²) in [7, 11) is 0. The molecular weight excluding hydrogens is 328 g/mol. The Morgan fingerprint density at radius 2 is 2.21 bits per heavy atom. The van der Waals surface area contributed by atoms with E-state index >= 15 is 0 Å². The highest BCUT2D eigenvalue weighted by molar-refractivity contribution is 9.10. The number of aliphatic hydroxyl groups is 1. The molecule has 0 amide bonds. The van der Waals surface area contributed by atoms with E-state index in [0.717, 1.165) is 30.7 Å². The molecule has 0 aliphatic carbocycles. The van der Waals surface area contributed by atoms with Crippen LogP contribution in [0.5, 0.6) is 0 Å². The smallest absolute Gasteiger partial charge is 0.147 e. The standard InChI is InChI=1S/C12H11BrN4OS/c13-7-4-8-9-10(19-12(8)15-5-7)11(17-6-16-9)14-2-1-3-18/h4-6,18H,1-3H2,(H,14,16,17). The van der Waals surface area contributed by atoms with Gasteiger partial charge in [0, 0.05) is 29.2 Å². The lowest BCUT2D eigenvalue weighted by atomic mass is 10.3. The summed E-state index contributed by atoms with van der Waals surface area (Å²) < 4.78 is 1.94. The molecule has 3 aromatic rings. The summed E-state index contributed by atoms with van der Waals surface area (Å²) in [5.41, 5.74) is 0.912. The van der Waals surface area contributed by atoms with Crippen LogP contribution < -0.4 is 5.32 Å². The predicted octanol–water partition coefficient (Wildman–Crippen LogP) is 2.80. The van der Waals surface area contributed by atoms with Crippen molar-refractivity contribution in [2.75, 3.05) is 18.5 Å². The third-order valence-electron chi connectivity index (χ3n) is 2.70. The van der Waals surface area contributed by atoms with Gasteiger partial charge < -0.3 is 10.4 Å². The maximum atomic E-state index is 8.82. The van der Waals surface area contributed by atoms with Gasteiger partial charge in [-0.2, -0.15) is 0 Å². The monoisotopic (exact) mass is 338 g/mol. The Balaban J connectivity index is 2.12. The first-order valence-electron chi connectivity index (χ1n) is 5.83. The molecule has 0 unspecified atom stereocenters. The third kappa shape index (κ3) is 2.41. The van der Waals surface area contributed by atoms with Crippen LogP contribution >= 0.6 is 27.3 Å². The van der Waals surface area contributed by atoms with E-state index < -0.39 is 0 Å². The Kier molecular flexibility index (Phi) is 3.58. The number of pyridine rings is 1. The fourth-order valence-electron chi connectivity index (χ4n) is 1.85. The van der Waals surface area contributed by atoms with Crippen LogP contribution in [0.2, 0.25) is 0 Å². The van der Waals surface area contributed by atoms with E-state index in [1.54, 1.807) is 23.9 Å². The van der Waals surface area contributed by atoms with Crippen molar-refractivity contribution in [3.8, 4) is 0 Å². The van der Waals surface area contributed by atoms with Crippen molar-refractivity contribution in [3.63, 3.8) is 0 Å². The van der Waals surface area contributed by atoms with E-state index in [9.17, 15) is 0 Å². The number of aliphatic hydroxyl groups excluding tert-OH is 1. The van der Waals surface area contributed by atoms with Gasteiger partial charge in [0.1, 0.15) is 17.0 Å². The second-order valence-corrected chi connectivity index (χ2v) is 5.93. The van der Waals surface area contributed by atoms with Gasteiger partial charge in [-0.15, -0.1) is 11.3 Å². The first-order chi connectivity index (χ1) is 9.29.